The summed E-state index contributed by atoms with van der Waals surface area (Å²) in [6.45, 7) is 2.61. The first-order chi connectivity index (χ1) is 9.38. The molecule has 1 aliphatic heterocycles. The third-order valence-electron chi connectivity index (χ3n) is 3.62. The Balaban J connectivity index is 2.02. The van der Waals surface area contributed by atoms with E-state index in [0.717, 1.165) is 5.56 Å². The summed E-state index contributed by atoms with van der Waals surface area (Å²) in [4.78, 5) is 24.8. The van der Waals surface area contributed by atoms with Gasteiger partial charge in [-0.15, -0.1) is 0 Å². The van der Waals surface area contributed by atoms with E-state index in [-0.39, 0.29) is 24.8 Å². The highest BCUT2D eigenvalue weighted by Crippen LogP contribution is 2.25. The van der Waals surface area contributed by atoms with Crippen LogP contribution in [0, 0.1) is 11.8 Å². The van der Waals surface area contributed by atoms with Gasteiger partial charge in [-0.05, 0) is 23.6 Å². The van der Waals surface area contributed by atoms with E-state index in [1.54, 1.807) is 23.1 Å². The zero-order chi connectivity index (χ0) is 14.9. The van der Waals surface area contributed by atoms with Crippen LogP contribution in [-0.2, 0) is 16.0 Å². The van der Waals surface area contributed by atoms with Crippen LogP contribution in [0.25, 0.3) is 0 Å². The molecule has 0 aromatic heterocycles. The van der Waals surface area contributed by atoms with E-state index >= 15 is 0 Å². The van der Waals surface area contributed by atoms with Crippen molar-refractivity contribution in [3.8, 4) is 0 Å². The van der Waals surface area contributed by atoms with Gasteiger partial charge in [-0.2, -0.15) is 0 Å². The molecule has 2 atom stereocenters. The number of carbonyl (C=O) groups excluding carboxylic acids is 1. The Kier molecular flexibility index (Phi) is 4.55. The molecular formula is C14H15Cl2NO3. The van der Waals surface area contributed by atoms with Crippen molar-refractivity contribution >= 4 is 35.1 Å². The molecule has 1 aliphatic rings. The van der Waals surface area contributed by atoms with Crippen LogP contribution >= 0.6 is 23.2 Å². The molecule has 20 heavy (non-hydrogen) atoms. The first-order valence-corrected chi connectivity index (χ1v) is 7.08. The third-order valence-corrected chi connectivity index (χ3v) is 4.36. The molecule has 0 unspecified atom stereocenters. The van der Waals surface area contributed by atoms with Crippen molar-refractivity contribution in [2.45, 2.75) is 13.3 Å². The lowest BCUT2D eigenvalue weighted by Crippen LogP contribution is -2.31. The SMILES string of the molecule is C[C@@H]1CN(C(=O)Cc2ccc(Cl)c(Cl)c2)C[C@H]1C(=O)O. The molecule has 0 radical (unpaired) electrons. The fourth-order valence-electron chi connectivity index (χ4n) is 2.43. The van der Waals surface area contributed by atoms with E-state index in [1.165, 1.54) is 0 Å². The molecule has 0 spiro atoms. The highest BCUT2D eigenvalue weighted by Gasteiger charge is 2.36. The van der Waals surface area contributed by atoms with Gasteiger partial charge >= 0.3 is 5.97 Å². The Hall–Kier alpha value is -1.26. The number of carboxylic acids is 1. The molecule has 1 aromatic carbocycles. The molecule has 0 aliphatic carbocycles. The van der Waals surface area contributed by atoms with Crippen LogP contribution in [-0.4, -0.2) is 35.0 Å². The summed E-state index contributed by atoms with van der Waals surface area (Å²) in [6.07, 6.45) is 0.204. The maximum absolute atomic E-state index is 12.2. The van der Waals surface area contributed by atoms with E-state index in [4.69, 9.17) is 28.3 Å². The molecule has 0 bridgehead atoms. The van der Waals surface area contributed by atoms with Crippen molar-refractivity contribution in [3.63, 3.8) is 0 Å². The normalized spacial score (nSPS) is 22.1. The summed E-state index contributed by atoms with van der Waals surface area (Å²) in [7, 11) is 0. The molecule has 2 rings (SSSR count). The molecule has 6 heteroatoms. The lowest BCUT2D eigenvalue weighted by atomic mass is 9.99. The molecule has 1 saturated heterocycles. The van der Waals surface area contributed by atoms with Crippen LogP contribution in [0.2, 0.25) is 10.0 Å². The number of amides is 1. The number of nitrogens with zero attached hydrogens (tertiary/aromatic N) is 1. The second-order valence-corrected chi connectivity index (χ2v) is 5.96. The van der Waals surface area contributed by atoms with Crippen molar-refractivity contribution in [1.82, 2.24) is 4.90 Å². The topological polar surface area (TPSA) is 57.6 Å². The second-order valence-electron chi connectivity index (χ2n) is 5.15. The van der Waals surface area contributed by atoms with Crippen molar-refractivity contribution in [2.24, 2.45) is 11.8 Å². The third kappa shape index (κ3) is 3.25. The minimum absolute atomic E-state index is 0.0229. The van der Waals surface area contributed by atoms with Gasteiger partial charge in [0, 0.05) is 13.1 Å². The molecule has 1 N–H and O–H groups in total. The number of hydrogen-bond donors (Lipinski definition) is 1. The minimum Gasteiger partial charge on any atom is -0.481 e. The monoisotopic (exact) mass is 315 g/mol. The quantitative estimate of drug-likeness (QED) is 0.933. The maximum atomic E-state index is 12.2. The van der Waals surface area contributed by atoms with Crippen molar-refractivity contribution < 1.29 is 14.7 Å². The lowest BCUT2D eigenvalue weighted by molar-refractivity contribution is -0.142. The van der Waals surface area contributed by atoms with Crippen LogP contribution in [0.4, 0.5) is 0 Å². The average Bonchev–Trinajstić information content (AvgIpc) is 2.76. The van der Waals surface area contributed by atoms with E-state index in [2.05, 4.69) is 0 Å². The predicted molar refractivity (Wildman–Crippen MR) is 77.0 cm³/mol. The van der Waals surface area contributed by atoms with E-state index in [0.29, 0.717) is 16.6 Å². The highest BCUT2D eigenvalue weighted by atomic mass is 35.5. The minimum atomic E-state index is -0.845. The van der Waals surface area contributed by atoms with Gasteiger partial charge in [0.1, 0.15) is 0 Å². The number of rotatable bonds is 3. The Morgan fingerprint density at radius 2 is 2.00 bits per heavy atom. The van der Waals surface area contributed by atoms with Gasteiger partial charge in [0.25, 0.3) is 0 Å². The Bertz CT molecular complexity index is 547. The van der Waals surface area contributed by atoms with Crippen LogP contribution in [0.15, 0.2) is 18.2 Å². The summed E-state index contributed by atoms with van der Waals surface area (Å²) >= 11 is 11.7. The summed E-state index contributed by atoms with van der Waals surface area (Å²) in [6, 6.07) is 5.06. The van der Waals surface area contributed by atoms with E-state index in [1.807, 2.05) is 6.92 Å². The fraction of sp³-hybridized carbons (Fsp3) is 0.429. The van der Waals surface area contributed by atoms with Gasteiger partial charge < -0.3 is 10.0 Å². The van der Waals surface area contributed by atoms with Crippen molar-refractivity contribution in [2.75, 3.05) is 13.1 Å². The van der Waals surface area contributed by atoms with Crippen LogP contribution in [0.5, 0.6) is 0 Å². The zero-order valence-corrected chi connectivity index (χ0v) is 12.5. The van der Waals surface area contributed by atoms with E-state index in [9.17, 15) is 9.59 Å². The van der Waals surface area contributed by atoms with E-state index < -0.39 is 11.9 Å². The average molecular weight is 316 g/mol. The summed E-state index contributed by atoms with van der Waals surface area (Å²) in [5.74, 6) is -1.43. The number of hydrogen-bond acceptors (Lipinski definition) is 2. The van der Waals surface area contributed by atoms with Crippen LogP contribution in [0.1, 0.15) is 12.5 Å². The summed E-state index contributed by atoms with van der Waals surface area (Å²) in [5, 5.41) is 9.93. The number of benzene rings is 1. The molecule has 108 valence electrons. The number of aliphatic carboxylic acids is 1. The Labute approximate surface area is 127 Å². The van der Waals surface area contributed by atoms with Crippen LogP contribution in [0.3, 0.4) is 0 Å². The molecular weight excluding hydrogens is 301 g/mol. The number of halogens is 2. The van der Waals surface area contributed by atoms with Crippen molar-refractivity contribution in [3.05, 3.63) is 33.8 Å². The number of carboxylic acid groups (broad SMARTS) is 1. The zero-order valence-electron chi connectivity index (χ0n) is 11.0. The Morgan fingerprint density at radius 1 is 1.30 bits per heavy atom. The molecule has 4 nitrogen and oxygen atoms in total. The highest BCUT2D eigenvalue weighted by molar-refractivity contribution is 6.42. The molecule has 0 saturated carbocycles. The molecule has 1 aromatic rings. The fourth-order valence-corrected chi connectivity index (χ4v) is 2.75. The van der Waals surface area contributed by atoms with Gasteiger partial charge in [0.2, 0.25) is 5.91 Å². The van der Waals surface area contributed by atoms with Gasteiger partial charge in [-0.3, -0.25) is 9.59 Å². The molecule has 1 fully saturated rings. The molecule has 1 amide bonds. The van der Waals surface area contributed by atoms with Gasteiger partial charge in [-0.25, -0.2) is 0 Å². The Morgan fingerprint density at radius 3 is 2.55 bits per heavy atom. The summed E-state index contributed by atoms with van der Waals surface area (Å²) < 4.78 is 0. The largest absolute Gasteiger partial charge is 0.481 e. The number of carbonyl (C=O) groups is 2. The first kappa shape index (κ1) is 15.1. The lowest BCUT2D eigenvalue weighted by Gasteiger charge is -2.16. The standard InChI is InChI=1S/C14H15Cl2NO3/c1-8-6-17(7-10(8)14(19)20)13(18)5-9-2-3-11(15)12(16)4-9/h2-4,8,10H,5-7H2,1H3,(H,19,20)/t8-,10-/m1/s1. The van der Waals surface area contributed by atoms with Crippen molar-refractivity contribution in [1.29, 1.82) is 0 Å². The smallest absolute Gasteiger partial charge is 0.308 e. The second kappa shape index (κ2) is 6.02. The summed E-state index contributed by atoms with van der Waals surface area (Å²) in [5.41, 5.74) is 0.774. The maximum Gasteiger partial charge on any atom is 0.308 e. The first-order valence-electron chi connectivity index (χ1n) is 6.33. The van der Waals surface area contributed by atoms with Gasteiger partial charge in [0.05, 0.1) is 22.4 Å². The van der Waals surface area contributed by atoms with Crippen LogP contribution < -0.4 is 0 Å². The van der Waals surface area contributed by atoms with Gasteiger partial charge in [0.15, 0.2) is 0 Å². The van der Waals surface area contributed by atoms with Gasteiger partial charge in [-0.1, -0.05) is 36.2 Å². The molecule has 1 heterocycles. The predicted octanol–water partition coefficient (Wildman–Crippen LogP) is 2.72. The number of likely N-dealkylation sites (tertiary alicyclic amines) is 1.